The molecule has 2 N–H and O–H groups in total. The molecule has 0 saturated carbocycles. The zero-order chi connectivity index (χ0) is 14.1. The predicted octanol–water partition coefficient (Wildman–Crippen LogP) is 1.93. The van der Waals surface area contributed by atoms with Crippen molar-refractivity contribution in [2.75, 3.05) is 13.6 Å². The first-order valence-corrected chi connectivity index (χ1v) is 7.14. The quantitative estimate of drug-likeness (QED) is 0.909. The highest BCUT2D eigenvalue weighted by atomic mass is 35.5. The number of likely N-dealkylation sites (N-methyl/N-ethyl adjacent to an activating group) is 1. The zero-order valence-electron chi connectivity index (χ0n) is 11.3. The third-order valence-corrected chi connectivity index (χ3v) is 3.85. The van der Waals surface area contributed by atoms with Crippen molar-refractivity contribution in [3.8, 4) is 0 Å². The van der Waals surface area contributed by atoms with Crippen molar-refractivity contribution in [3.63, 3.8) is 0 Å². The minimum absolute atomic E-state index is 0.0428. The first-order chi connectivity index (χ1) is 9.63. The van der Waals surface area contributed by atoms with E-state index in [1.54, 1.807) is 4.90 Å². The molecule has 1 saturated heterocycles. The van der Waals surface area contributed by atoms with Crippen LogP contribution < -0.4 is 5.32 Å². The Bertz CT molecular complexity index is 633. The summed E-state index contributed by atoms with van der Waals surface area (Å²) in [5.74, 6) is 0.900. The molecule has 1 aliphatic heterocycles. The van der Waals surface area contributed by atoms with Gasteiger partial charge >= 0.3 is 0 Å². The number of aromatic nitrogens is 2. The Balaban J connectivity index is 1.73. The van der Waals surface area contributed by atoms with E-state index < -0.39 is 0 Å². The van der Waals surface area contributed by atoms with E-state index in [0.717, 1.165) is 36.2 Å². The summed E-state index contributed by atoms with van der Waals surface area (Å²) in [6.45, 7) is 1.40. The minimum atomic E-state index is -0.0428. The van der Waals surface area contributed by atoms with Crippen LogP contribution in [0.1, 0.15) is 18.7 Å². The number of hydrogen-bond donors (Lipinski definition) is 2. The Labute approximate surface area is 122 Å². The van der Waals surface area contributed by atoms with Crippen LogP contribution in [0.5, 0.6) is 0 Å². The van der Waals surface area contributed by atoms with Crippen molar-refractivity contribution in [3.05, 3.63) is 29.0 Å². The molecule has 5 nitrogen and oxygen atoms in total. The van der Waals surface area contributed by atoms with E-state index in [9.17, 15) is 4.79 Å². The second-order valence-electron chi connectivity index (χ2n) is 5.19. The molecular formula is C14H17ClN4O. The van der Waals surface area contributed by atoms with Gasteiger partial charge in [-0.3, -0.25) is 4.79 Å². The molecule has 0 aliphatic carbocycles. The molecule has 2 aromatic rings. The molecule has 1 amide bonds. The fraction of sp³-hybridized carbons (Fsp3) is 0.429. The first-order valence-electron chi connectivity index (χ1n) is 6.76. The maximum absolute atomic E-state index is 12.2. The van der Waals surface area contributed by atoms with Gasteiger partial charge in [0.25, 0.3) is 0 Å². The second-order valence-corrected chi connectivity index (χ2v) is 5.62. The van der Waals surface area contributed by atoms with Gasteiger partial charge in [-0.15, -0.1) is 0 Å². The Morgan fingerprint density at radius 1 is 1.55 bits per heavy atom. The molecule has 1 fully saturated rings. The molecule has 106 valence electrons. The Hall–Kier alpha value is -1.59. The summed E-state index contributed by atoms with van der Waals surface area (Å²) in [5.41, 5.74) is 1.76. The molecule has 1 aromatic heterocycles. The maximum atomic E-state index is 12.2. The van der Waals surface area contributed by atoms with Crippen LogP contribution in [0, 0.1) is 0 Å². The van der Waals surface area contributed by atoms with Crippen LogP contribution in [0.2, 0.25) is 5.02 Å². The average Bonchev–Trinajstić information content (AvgIpc) is 3.05. The van der Waals surface area contributed by atoms with E-state index in [-0.39, 0.29) is 11.9 Å². The van der Waals surface area contributed by atoms with Gasteiger partial charge in [-0.05, 0) is 37.6 Å². The number of benzene rings is 1. The van der Waals surface area contributed by atoms with E-state index in [2.05, 4.69) is 15.3 Å². The van der Waals surface area contributed by atoms with Crippen molar-refractivity contribution in [1.82, 2.24) is 20.2 Å². The summed E-state index contributed by atoms with van der Waals surface area (Å²) in [5, 5.41) is 3.89. The Kier molecular flexibility index (Phi) is 3.63. The molecule has 1 atom stereocenters. The lowest BCUT2D eigenvalue weighted by molar-refractivity contribution is -0.132. The largest absolute Gasteiger partial charge is 0.340 e. The van der Waals surface area contributed by atoms with Gasteiger partial charge in [0, 0.05) is 12.1 Å². The zero-order valence-corrected chi connectivity index (χ0v) is 12.1. The first kappa shape index (κ1) is 13.4. The fourth-order valence-electron chi connectivity index (χ4n) is 2.57. The average molecular weight is 293 g/mol. The number of nitrogens with zero attached hydrogens (tertiary/aromatic N) is 2. The van der Waals surface area contributed by atoms with Crippen LogP contribution in [0.25, 0.3) is 11.0 Å². The highest BCUT2D eigenvalue weighted by Crippen LogP contribution is 2.18. The van der Waals surface area contributed by atoms with Gasteiger partial charge in [0.05, 0.1) is 23.6 Å². The van der Waals surface area contributed by atoms with Crippen LogP contribution in [-0.4, -0.2) is 40.4 Å². The number of halogens is 1. The molecule has 20 heavy (non-hydrogen) atoms. The third kappa shape index (κ3) is 2.64. The predicted molar refractivity (Wildman–Crippen MR) is 78.6 cm³/mol. The molecule has 6 heteroatoms. The molecule has 0 spiro atoms. The van der Waals surface area contributed by atoms with Crippen molar-refractivity contribution in [1.29, 1.82) is 0 Å². The summed E-state index contributed by atoms with van der Waals surface area (Å²) >= 11 is 5.95. The summed E-state index contributed by atoms with van der Waals surface area (Å²) in [7, 11) is 1.81. The number of amides is 1. The van der Waals surface area contributed by atoms with E-state index in [4.69, 9.17) is 11.6 Å². The smallest absolute Gasteiger partial charge is 0.239 e. The van der Waals surface area contributed by atoms with Gasteiger partial charge in [-0.2, -0.15) is 0 Å². The van der Waals surface area contributed by atoms with Crippen LogP contribution in [0.4, 0.5) is 0 Å². The molecule has 0 bridgehead atoms. The van der Waals surface area contributed by atoms with Crippen molar-refractivity contribution in [2.45, 2.75) is 25.4 Å². The summed E-state index contributed by atoms with van der Waals surface area (Å²) < 4.78 is 0. The van der Waals surface area contributed by atoms with Crippen molar-refractivity contribution < 1.29 is 4.79 Å². The normalized spacial score (nSPS) is 18.6. The van der Waals surface area contributed by atoms with Crippen molar-refractivity contribution >= 4 is 28.5 Å². The molecule has 1 aliphatic rings. The number of imidazole rings is 1. The molecule has 0 radical (unpaired) electrons. The van der Waals surface area contributed by atoms with E-state index in [0.29, 0.717) is 11.6 Å². The van der Waals surface area contributed by atoms with Gasteiger partial charge in [0.15, 0.2) is 0 Å². The number of rotatable bonds is 3. The molecule has 2 heterocycles. The van der Waals surface area contributed by atoms with Gasteiger partial charge in [-0.25, -0.2) is 4.98 Å². The molecule has 1 aromatic carbocycles. The van der Waals surface area contributed by atoms with Gasteiger partial charge < -0.3 is 15.2 Å². The highest BCUT2D eigenvalue weighted by molar-refractivity contribution is 6.31. The van der Waals surface area contributed by atoms with Crippen molar-refractivity contribution in [2.24, 2.45) is 0 Å². The third-order valence-electron chi connectivity index (χ3n) is 3.61. The molecule has 1 unspecified atom stereocenters. The number of aromatic amines is 1. The van der Waals surface area contributed by atoms with Crippen LogP contribution in [-0.2, 0) is 11.3 Å². The topological polar surface area (TPSA) is 61.0 Å². The molecular weight excluding hydrogens is 276 g/mol. The van der Waals surface area contributed by atoms with Gasteiger partial charge in [0.2, 0.25) is 5.91 Å². The summed E-state index contributed by atoms with van der Waals surface area (Å²) in [6, 6.07) is 5.48. The van der Waals surface area contributed by atoms with E-state index >= 15 is 0 Å². The molecule has 3 rings (SSSR count). The van der Waals surface area contributed by atoms with Gasteiger partial charge in [-0.1, -0.05) is 11.6 Å². The summed E-state index contributed by atoms with van der Waals surface area (Å²) in [6.07, 6.45) is 1.98. The monoisotopic (exact) mass is 292 g/mol. The lowest BCUT2D eigenvalue weighted by Gasteiger charge is -2.19. The maximum Gasteiger partial charge on any atom is 0.239 e. The fourth-order valence-corrected chi connectivity index (χ4v) is 2.75. The van der Waals surface area contributed by atoms with Gasteiger partial charge in [0.1, 0.15) is 5.82 Å². The number of hydrogen-bond acceptors (Lipinski definition) is 3. The number of fused-ring (bicyclic) bond motifs is 1. The Morgan fingerprint density at radius 2 is 2.40 bits per heavy atom. The minimum Gasteiger partial charge on any atom is -0.340 e. The highest BCUT2D eigenvalue weighted by Gasteiger charge is 2.25. The number of nitrogens with one attached hydrogen (secondary N) is 2. The van der Waals surface area contributed by atoms with E-state index in [1.807, 2.05) is 25.2 Å². The Morgan fingerprint density at radius 3 is 3.15 bits per heavy atom. The summed E-state index contributed by atoms with van der Waals surface area (Å²) in [4.78, 5) is 21.6. The number of H-pyrrole nitrogens is 1. The number of carbonyl (C=O) groups is 1. The SMILES string of the molecule is CN(Cc1nc2ccc(Cl)cc2[nH]1)C(=O)C1CCCN1. The lowest BCUT2D eigenvalue weighted by Crippen LogP contribution is -2.41. The standard InChI is InChI=1S/C14H17ClN4O/c1-19(14(20)11-3-2-6-16-11)8-13-17-10-5-4-9(15)7-12(10)18-13/h4-5,7,11,16H,2-3,6,8H2,1H3,(H,17,18). The lowest BCUT2D eigenvalue weighted by atomic mass is 10.2. The second kappa shape index (κ2) is 5.42. The number of carbonyl (C=O) groups excluding carboxylic acids is 1. The van der Waals surface area contributed by atoms with Crippen LogP contribution in [0.15, 0.2) is 18.2 Å². The van der Waals surface area contributed by atoms with E-state index in [1.165, 1.54) is 0 Å². The van der Waals surface area contributed by atoms with Crippen LogP contribution in [0.3, 0.4) is 0 Å². The van der Waals surface area contributed by atoms with Crippen LogP contribution >= 0.6 is 11.6 Å².